The lowest BCUT2D eigenvalue weighted by atomic mass is 10.0. The molecule has 1 heterocycles. The molecule has 1 aliphatic rings. The van der Waals surface area contributed by atoms with Crippen molar-refractivity contribution in [3.63, 3.8) is 0 Å². The summed E-state index contributed by atoms with van der Waals surface area (Å²) in [6, 6.07) is 2.37. The van der Waals surface area contributed by atoms with E-state index in [0.29, 0.717) is 30.7 Å². The maximum atomic E-state index is 13.9. The maximum absolute atomic E-state index is 13.9. The van der Waals surface area contributed by atoms with Crippen LogP contribution in [-0.2, 0) is 0 Å². The van der Waals surface area contributed by atoms with Gasteiger partial charge in [0.2, 0.25) is 0 Å². The summed E-state index contributed by atoms with van der Waals surface area (Å²) < 4.78 is 27.0. The maximum Gasteiger partial charge on any atom is 0.150 e. The van der Waals surface area contributed by atoms with Crippen LogP contribution < -0.4 is 10.2 Å². The van der Waals surface area contributed by atoms with E-state index < -0.39 is 11.6 Å². The number of rotatable bonds is 3. The third-order valence-corrected chi connectivity index (χ3v) is 3.60. The van der Waals surface area contributed by atoms with Gasteiger partial charge in [-0.3, -0.25) is 0 Å². The number of hydrogen-bond acceptors (Lipinski definition) is 2. The monoisotopic (exact) mass is 288 g/mol. The number of nitrogens with one attached hydrogen (secondary N) is 1. The third kappa shape index (κ3) is 3.57. The molecule has 1 unspecified atom stereocenters. The Morgan fingerprint density at radius 3 is 2.79 bits per heavy atom. The fourth-order valence-corrected chi connectivity index (χ4v) is 2.91. The van der Waals surface area contributed by atoms with E-state index >= 15 is 0 Å². The second kappa shape index (κ2) is 6.06. The molecule has 0 saturated carbocycles. The summed E-state index contributed by atoms with van der Waals surface area (Å²) in [5.74, 6) is -0.652. The van der Waals surface area contributed by atoms with Crippen molar-refractivity contribution in [3.05, 3.63) is 28.8 Å². The molecular formula is C14H19ClF2N2. The van der Waals surface area contributed by atoms with Crippen LogP contribution in [0.5, 0.6) is 0 Å². The lowest BCUT2D eigenvalue weighted by Gasteiger charge is -2.36. The fraction of sp³-hybridized carbons (Fsp3) is 0.571. The summed E-state index contributed by atoms with van der Waals surface area (Å²) in [6.45, 7) is 6.47. The molecule has 1 aromatic rings. The molecule has 106 valence electrons. The molecule has 2 nitrogen and oxygen atoms in total. The van der Waals surface area contributed by atoms with Crippen molar-refractivity contribution in [2.75, 3.05) is 24.5 Å². The van der Waals surface area contributed by atoms with Gasteiger partial charge in [-0.1, -0.05) is 25.4 Å². The van der Waals surface area contributed by atoms with Gasteiger partial charge in [0.05, 0.1) is 10.7 Å². The summed E-state index contributed by atoms with van der Waals surface area (Å²) >= 11 is 5.98. The molecule has 1 atom stereocenters. The third-order valence-electron chi connectivity index (χ3n) is 3.31. The van der Waals surface area contributed by atoms with Crippen molar-refractivity contribution in [2.45, 2.75) is 26.3 Å². The summed E-state index contributed by atoms with van der Waals surface area (Å²) in [4.78, 5) is 1.90. The Morgan fingerprint density at radius 1 is 1.42 bits per heavy atom. The highest BCUT2D eigenvalue weighted by Gasteiger charge is 2.24. The summed E-state index contributed by atoms with van der Waals surface area (Å²) in [7, 11) is 0. The zero-order valence-corrected chi connectivity index (χ0v) is 12.0. The van der Waals surface area contributed by atoms with E-state index in [1.807, 2.05) is 4.90 Å². The number of piperazine rings is 1. The second-order valence-corrected chi connectivity index (χ2v) is 5.85. The molecule has 2 rings (SSSR count). The van der Waals surface area contributed by atoms with E-state index in [-0.39, 0.29) is 5.02 Å². The van der Waals surface area contributed by atoms with Gasteiger partial charge in [-0.25, -0.2) is 8.78 Å². The first-order valence-electron chi connectivity index (χ1n) is 6.60. The minimum absolute atomic E-state index is 0.141. The van der Waals surface area contributed by atoms with E-state index in [0.717, 1.165) is 19.0 Å². The summed E-state index contributed by atoms with van der Waals surface area (Å²) in [5, 5.41) is 3.56. The van der Waals surface area contributed by atoms with Gasteiger partial charge >= 0.3 is 0 Å². The smallest absolute Gasteiger partial charge is 0.150 e. The Morgan fingerprint density at radius 2 is 2.16 bits per heavy atom. The molecule has 5 heteroatoms. The van der Waals surface area contributed by atoms with Crippen LogP contribution in [0, 0.1) is 17.6 Å². The number of halogens is 3. The SMILES string of the molecule is CC(C)CC1CN(c2c(F)cc(F)cc2Cl)CCN1. The van der Waals surface area contributed by atoms with Crippen molar-refractivity contribution in [3.8, 4) is 0 Å². The van der Waals surface area contributed by atoms with Crippen LogP contribution in [0.25, 0.3) is 0 Å². The first-order chi connectivity index (χ1) is 8.97. The highest BCUT2D eigenvalue weighted by Crippen LogP contribution is 2.31. The van der Waals surface area contributed by atoms with Gasteiger partial charge in [0.25, 0.3) is 0 Å². The summed E-state index contributed by atoms with van der Waals surface area (Å²) in [6.07, 6.45) is 1.02. The van der Waals surface area contributed by atoms with Crippen LogP contribution in [0.15, 0.2) is 12.1 Å². The highest BCUT2D eigenvalue weighted by molar-refractivity contribution is 6.33. The molecule has 1 N–H and O–H groups in total. The van der Waals surface area contributed by atoms with E-state index in [9.17, 15) is 8.78 Å². The van der Waals surface area contributed by atoms with Gasteiger partial charge < -0.3 is 10.2 Å². The van der Waals surface area contributed by atoms with Gasteiger partial charge in [0, 0.05) is 31.7 Å². The molecule has 19 heavy (non-hydrogen) atoms. The van der Waals surface area contributed by atoms with Gasteiger partial charge in [-0.05, 0) is 18.4 Å². The lowest BCUT2D eigenvalue weighted by molar-refractivity contribution is 0.386. The Labute approximate surface area is 117 Å². The van der Waals surface area contributed by atoms with Crippen molar-refractivity contribution in [1.29, 1.82) is 0 Å². The molecule has 1 fully saturated rings. The minimum Gasteiger partial charge on any atom is -0.365 e. The zero-order chi connectivity index (χ0) is 14.0. The molecule has 1 aromatic carbocycles. The number of hydrogen-bond donors (Lipinski definition) is 1. The van der Waals surface area contributed by atoms with Crippen LogP contribution in [0.3, 0.4) is 0 Å². The Bertz CT molecular complexity index is 428. The minimum atomic E-state index is -0.639. The predicted molar refractivity (Wildman–Crippen MR) is 74.8 cm³/mol. The lowest BCUT2D eigenvalue weighted by Crippen LogP contribution is -2.51. The normalized spacial score (nSPS) is 20.1. The van der Waals surface area contributed by atoms with Crippen LogP contribution in [0.1, 0.15) is 20.3 Å². The quantitative estimate of drug-likeness (QED) is 0.916. The molecular weight excluding hydrogens is 270 g/mol. The van der Waals surface area contributed by atoms with E-state index in [4.69, 9.17) is 11.6 Å². The van der Waals surface area contributed by atoms with E-state index in [1.54, 1.807) is 0 Å². The molecule has 0 radical (unpaired) electrons. The van der Waals surface area contributed by atoms with Crippen molar-refractivity contribution in [2.24, 2.45) is 5.92 Å². The molecule has 0 spiro atoms. The van der Waals surface area contributed by atoms with Crippen molar-refractivity contribution < 1.29 is 8.78 Å². The standard InChI is InChI=1S/C14H19ClF2N2/c1-9(2)5-11-8-19(4-3-18-11)14-12(15)6-10(16)7-13(14)17/h6-7,9,11,18H,3-5,8H2,1-2H3. The highest BCUT2D eigenvalue weighted by atomic mass is 35.5. The Kier molecular flexibility index (Phi) is 4.63. The number of nitrogens with zero attached hydrogens (tertiary/aromatic N) is 1. The molecule has 0 aromatic heterocycles. The summed E-state index contributed by atoms with van der Waals surface area (Å²) in [5.41, 5.74) is 0.318. The largest absolute Gasteiger partial charge is 0.365 e. The average Bonchev–Trinajstić information content (AvgIpc) is 2.26. The second-order valence-electron chi connectivity index (χ2n) is 5.44. The predicted octanol–water partition coefficient (Wildman–Crippen LogP) is 3.44. The average molecular weight is 289 g/mol. The molecule has 1 saturated heterocycles. The van der Waals surface area contributed by atoms with Crippen LogP contribution in [-0.4, -0.2) is 25.7 Å². The van der Waals surface area contributed by atoms with E-state index in [1.165, 1.54) is 6.07 Å². The van der Waals surface area contributed by atoms with Gasteiger partial charge in [-0.15, -0.1) is 0 Å². The van der Waals surface area contributed by atoms with Crippen LogP contribution in [0.4, 0.5) is 14.5 Å². The van der Waals surface area contributed by atoms with E-state index in [2.05, 4.69) is 19.2 Å². The van der Waals surface area contributed by atoms with Crippen LogP contribution >= 0.6 is 11.6 Å². The molecule has 0 bridgehead atoms. The van der Waals surface area contributed by atoms with Crippen molar-refractivity contribution >= 4 is 17.3 Å². The molecule has 0 amide bonds. The molecule has 1 aliphatic heterocycles. The molecule has 0 aliphatic carbocycles. The first-order valence-corrected chi connectivity index (χ1v) is 6.98. The van der Waals surface area contributed by atoms with Crippen LogP contribution in [0.2, 0.25) is 5.02 Å². The van der Waals surface area contributed by atoms with Crippen molar-refractivity contribution in [1.82, 2.24) is 5.32 Å². The topological polar surface area (TPSA) is 15.3 Å². The number of anilines is 1. The van der Waals surface area contributed by atoms with Gasteiger partial charge in [0.1, 0.15) is 5.82 Å². The first kappa shape index (κ1) is 14.5. The zero-order valence-electron chi connectivity index (χ0n) is 11.2. The number of benzene rings is 1. The van der Waals surface area contributed by atoms with Gasteiger partial charge in [0.15, 0.2) is 5.82 Å². The Balaban J connectivity index is 2.17. The fourth-order valence-electron chi connectivity index (χ4n) is 2.59. The Hall–Kier alpha value is -0.870. The van der Waals surface area contributed by atoms with Gasteiger partial charge in [-0.2, -0.15) is 0 Å².